The minimum atomic E-state index is -0.436. The first-order valence-electron chi connectivity index (χ1n) is 6.64. The molecular formula is C13H19N3O4. The molecule has 110 valence electrons. The molecule has 1 aliphatic rings. The van der Waals surface area contributed by atoms with Crippen molar-refractivity contribution in [1.82, 2.24) is 0 Å². The van der Waals surface area contributed by atoms with E-state index in [9.17, 15) is 10.1 Å². The van der Waals surface area contributed by atoms with E-state index in [1.165, 1.54) is 12.1 Å². The molecule has 3 N–H and O–H groups in total. The summed E-state index contributed by atoms with van der Waals surface area (Å²) in [5.41, 5.74) is 3.83. The van der Waals surface area contributed by atoms with Gasteiger partial charge in [0.1, 0.15) is 0 Å². The number of hydrazine groups is 1. The highest BCUT2D eigenvalue weighted by Gasteiger charge is 2.15. The summed E-state index contributed by atoms with van der Waals surface area (Å²) in [5.74, 6) is 5.39. The van der Waals surface area contributed by atoms with Gasteiger partial charge in [0.25, 0.3) is 5.69 Å². The second kappa shape index (κ2) is 7.18. The van der Waals surface area contributed by atoms with Crippen LogP contribution in [0.5, 0.6) is 0 Å². The summed E-state index contributed by atoms with van der Waals surface area (Å²) in [6, 6.07) is 4.45. The third kappa shape index (κ3) is 3.89. The Morgan fingerprint density at radius 1 is 1.50 bits per heavy atom. The number of rotatable bonds is 6. The van der Waals surface area contributed by atoms with Crippen molar-refractivity contribution in [2.45, 2.75) is 32.0 Å². The zero-order chi connectivity index (χ0) is 14.4. The lowest BCUT2D eigenvalue weighted by atomic mass is 10.1. The molecule has 7 heteroatoms. The van der Waals surface area contributed by atoms with Crippen LogP contribution in [0, 0.1) is 10.1 Å². The summed E-state index contributed by atoms with van der Waals surface area (Å²) >= 11 is 0. The van der Waals surface area contributed by atoms with Gasteiger partial charge in [0.2, 0.25) is 0 Å². The Kier molecular flexibility index (Phi) is 5.28. The van der Waals surface area contributed by atoms with E-state index < -0.39 is 4.92 Å². The number of ether oxygens (including phenoxy) is 2. The predicted molar refractivity (Wildman–Crippen MR) is 74.2 cm³/mol. The number of anilines is 1. The molecule has 1 fully saturated rings. The molecule has 0 aromatic heterocycles. The SMILES string of the molecule is NNc1ccc([N+](=O)[O-])cc1COCC1CCCCO1. The Morgan fingerprint density at radius 2 is 2.35 bits per heavy atom. The van der Waals surface area contributed by atoms with Crippen LogP contribution in [0.1, 0.15) is 24.8 Å². The smallest absolute Gasteiger partial charge is 0.269 e. The number of nitrogens with zero attached hydrogens (tertiary/aromatic N) is 1. The van der Waals surface area contributed by atoms with E-state index in [4.69, 9.17) is 15.3 Å². The van der Waals surface area contributed by atoms with Gasteiger partial charge in [0.15, 0.2) is 0 Å². The monoisotopic (exact) mass is 281 g/mol. The average molecular weight is 281 g/mol. The number of nitrogens with one attached hydrogen (secondary N) is 1. The first kappa shape index (κ1) is 14.7. The van der Waals surface area contributed by atoms with Crippen LogP contribution in [0.3, 0.4) is 0 Å². The highest BCUT2D eigenvalue weighted by atomic mass is 16.6. The third-order valence-electron chi connectivity index (χ3n) is 3.29. The Hall–Kier alpha value is -1.70. The molecule has 1 atom stereocenters. The largest absolute Gasteiger partial charge is 0.376 e. The average Bonchev–Trinajstić information content (AvgIpc) is 2.48. The summed E-state index contributed by atoms with van der Waals surface area (Å²) < 4.78 is 11.2. The fourth-order valence-corrected chi connectivity index (χ4v) is 2.19. The molecule has 0 amide bonds. The maximum Gasteiger partial charge on any atom is 0.269 e. The topological polar surface area (TPSA) is 99.7 Å². The van der Waals surface area contributed by atoms with Crippen molar-refractivity contribution >= 4 is 11.4 Å². The van der Waals surface area contributed by atoms with Crippen molar-refractivity contribution in [3.05, 3.63) is 33.9 Å². The molecule has 1 aromatic rings. The second-order valence-electron chi connectivity index (χ2n) is 4.75. The lowest BCUT2D eigenvalue weighted by Crippen LogP contribution is -2.24. The van der Waals surface area contributed by atoms with Gasteiger partial charge in [-0.25, -0.2) is 0 Å². The van der Waals surface area contributed by atoms with Gasteiger partial charge < -0.3 is 14.9 Å². The zero-order valence-corrected chi connectivity index (χ0v) is 11.2. The van der Waals surface area contributed by atoms with Crippen LogP contribution in [0.15, 0.2) is 18.2 Å². The lowest BCUT2D eigenvalue weighted by molar-refractivity contribution is -0.384. The van der Waals surface area contributed by atoms with E-state index in [0.29, 0.717) is 17.9 Å². The Bertz CT molecular complexity index is 461. The van der Waals surface area contributed by atoms with Gasteiger partial charge in [-0.3, -0.25) is 16.0 Å². The van der Waals surface area contributed by atoms with Gasteiger partial charge in [-0.05, 0) is 25.3 Å². The number of nitrogen functional groups attached to an aromatic ring is 1. The minimum absolute atomic E-state index is 0.0246. The third-order valence-corrected chi connectivity index (χ3v) is 3.29. The van der Waals surface area contributed by atoms with Crippen LogP contribution in [0.25, 0.3) is 0 Å². The summed E-state index contributed by atoms with van der Waals surface area (Å²) in [4.78, 5) is 10.3. The van der Waals surface area contributed by atoms with Crippen molar-refractivity contribution in [1.29, 1.82) is 0 Å². The van der Waals surface area contributed by atoms with Crippen LogP contribution in [0.4, 0.5) is 11.4 Å². The van der Waals surface area contributed by atoms with Crippen molar-refractivity contribution in [2.75, 3.05) is 18.6 Å². The van der Waals surface area contributed by atoms with E-state index in [2.05, 4.69) is 5.43 Å². The quantitative estimate of drug-likeness (QED) is 0.470. The summed E-state index contributed by atoms with van der Waals surface area (Å²) in [7, 11) is 0. The lowest BCUT2D eigenvalue weighted by Gasteiger charge is -2.22. The Morgan fingerprint density at radius 3 is 3.00 bits per heavy atom. The van der Waals surface area contributed by atoms with E-state index in [0.717, 1.165) is 25.9 Å². The van der Waals surface area contributed by atoms with Crippen molar-refractivity contribution in [2.24, 2.45) is 5.84 Å². The standard InChI is InChI=1S/C13H19N3O4/c14-15-13-5-4-11(16(17)18)7-10(13)8-19-9-12-3-1-2-6-20-12/h4-5,7,12,15H,1-3,6,8-9,14H2. The number of non-ortho nitro benzene ring substituents is 1. The number of hydrogen-bond acceptors (Lipinski definition) is 6. The maximum atomic E-state index is 10.8. The number of nitro groups is 1. The zero-order valence-electron chi connectivity index (χ0n) is 11.2. The molecule has 7 nitrogen and oxygen atoms in total. The van der Waals surface area contributed by atoms with Gasteiger partial charge in [0.05, 0.1) is 29.9 Å². The van der Waals surface area contributed by atoms with Crippen LogP contribution in [0.2, 0.25) is 0 Å². The Balaban J connectivity index is 1.93. The van der Waals surface area contributed by atoms with Gasteiger partial charge >= 0.3 is 0 Å². The van der Waals surface area contributed by atoms with E-state index >= 15 is 0 Å². The minimum Gasteiger partial charge on any atom is -0.376 e. The molecule has 2 rings (SSSR count). The van der Waals surface area contributed by atoms with Crippen LogP contribution in [-0.2, 0) is 16.1 Å². The van der Waals surface area contributed by atoms with Crippen molar-refractivity contribution in [3.8, 4) is 0 Å². The fraction of sp³-hybridized carbons (Fsp3) is 0.538. The summed E-state index contributed by atoms with van der Waals surface area (Å²) in [6.45, 7) is 1.54. The molecule has 0 saturated carbocycles. The van der Waals surface area contributed by atoms with Gasteiger partial charge in [0, 0.05) is 24.3 Å². The summed E-state index contributed by atoms with van der Waals surface area (Å²) in [5, 5.41) is 10.8. The fourth-order valence-electron chi connectivity index (χ4n) is 2.19. The van der Waals surface area contributed by atoms with Crippen molar-refractivity contribution in [3.63, 3.8) is 0 Å². The van der Waals surface area contributed by atoms with E-state index in [1.54, 1.807) is 6.07 Å². The van der Waals surface area contributed by atoms with Crippen molar-refractivity contribution < 1.29 is 14.4 Å². The molecule has 0 spiro atoms. The highest BCUT2D eigenvalue weighted by molar-refractivity contribution is 5.55. The molecule has 20 heavy (non-hydrogen) atoms. The molecule has 1 unspecified atom stereocenters. The second-order valence-corrected chi connectivity index (χ2v) is 4.75. The van der Waals surface area contributed by atoms with E-state index in [1.807, 2.05) is 0 Å². The normalized spacial score (nSPS) is 18.8. The first-order valence-corrected chi connectivity index (χ1v) is 6.64. The number of nitrogens with two attached hydrogens (primary N) is 1. The molecule has 1 aliphatic heterocycles. The van der Waals surface area contributed by atoms with Gasteiger partial charge in [-0.15, -0.1) is 0 Å². The van der Waals surface area contributed by atoms with Gasteiger partial charge in [-0.1, -0.05) is 0 Å². The van der Waals surface area contributed by atoms with Crippen LogP contribution < -0.4 is 11.3 Å². The number of nitro benzene ring substituents is 1. The molecule has 1 aromatic carbocycles. The summed E-state index contributed by atoms with van der Waals surface area (Å²) in [6.07, 6.45) is 3.37. The Labute approximate surface area is 117 Å². The number of benzene rings is 1. The van der Waals surface area contributed by atoms with Crippen LogP contribution in [-0.4, -0.2) is 24.2 Å². The maximum absolute atomic E-state index is 10.8. The highest BCUT2D eigenvalue weighted by Crippen LogP contribution is 2.22. The van der Waals surface area contributed by atoms with Gasteiger partial charge in [-0.2, -0.15) is 0 Å². The van der Waals surface area contributed by atoms with E-state index in [-0.39, 0.29) is 18.4 Å². The molecule has 0 radical (unpaired) electrons. The molecule has 1 heterocycles. The number of hydrogen-bond donors (Lipinski definition) is 2. The molecular weight excluding hydrogens is 262 g/mol. The predicted octanol–water partition coefficient (Wildman–Crippen LogP) is 1.97. The molecule has 0 aliphatic carbocycles. The molecule has 0 bridgehead atoms. The van der Waals surface area contributed by atoms with Crippen LogP contribution >= 0.6 is 0 Å². The first-order chi connectivity index (χ1) is 9.70. The molecule has 1 saturated heterocycles.